The molecule has 0 saturated carbocycles. The van der Waals surface area contributed by atoms with Crippen molar-refractivity contribution in [3.8, 4) is 0 Å². The van der Waals surface area contributed by atoms with E-state index in [1.54, 1.807) is 18.3 Å². The van der Waals surface area contributed by atoms with Gasteiger partial charge in [-0.05, 0) is 12.1 Å². The Hall–Kier alpha value is -1.30. The Morgan fingerprint density at radius 1 is 1.58 bits per heavy atom. The first-order valence-corrected chi connectivity index (χ1v) is 5.01. The molecule has 1 aromatic heterocycles. The SMILES string of the molecule is O=S1(=O)Cn2nccc2C=CN1. The minimum Gasteiger partial charge on any atom is -0.289 e. The highest BCUT2D eigenvalue weighted by Crippen LogP contribution is 2.06. The second kappa shape index (κ2) is 2.34. The van der Waals surface area contributed by atoms with Crippen molar-refractivity contribution in [2.24, 2.45) is 0 Å². The Morgan fingerprint density at radius 3 is 3.25 bits per heavy atom. The third kappa shape index (κ3) is 1.20. The average molecular weight is 185 g/mol. The summed E-state index contributed by atoms with van der Waals surface area (Å²) >= 11 is 0. The molecule has 0 aliphatic carbocycles. The highest BCUT2D eigenvalue weighted by atomic mass is 32.2. The van der Waals surface area contributed by atoms with Gasteiger partial charge in [-0.25, -0.2) is 13.1 Å². The maximum absolute atomic E-state index is 11.1. The number of nitrogens with one attached hydrogen (secondary N) is 1. The van der Waals surface area contributed by atoms with Crippen LogP contribution in [0.5, 0.6) is 0 Å². The van der Waals surface area contributed by atoms with Gasteiger partial charge in [0.2, 0.25) is 0 Å². The fourth-order valence-corrected chi connectivity index (χ4v) is 1.90. The largest absolute Gasteiger partial charge is 0.289 e. The van der Waals surface area contributed by atoms with Gasteiger partial charge >= 0.3 is 0 Å². The molecule has 1 N–H and O–H groups in total. The normalized spacial score (nSPS) is 19.3. The third-order valence-electron chi connectivity index (χ3n) is 1.54. The predicted molar refractivity (Wildman–Crippen MR) is 43.3 cm³/mol. The van der Waals surface area contributed by atoms with Crippen LogP contribution in [0.4, 0.5) is 0 Å². The summed E-state index contributed by atoms with van der Waals surface area (Å²) in [5, 5.41) is 3.86. The molecule has 0 unspecified atom stereocenters. The van der Waals surface area contributed by atoms with E-state index in [0.717, 1.165) is 5.69 Å². The van der Waals surface area contributed by atoms with E-state index >= 15 is 0 Å². The lowest BCUT2D eigenvalue weighted by molar-refractivity contribution is 0.571. The predicted octanol–water partition coefficient (Wildman–Crippen LogP) is -0.256. The summed E-state index contributed by atoms with van der Waals surface area (Å²) < 4.78 is 25.9. The van der Waals surface area contributed by atoms with E-state index < -0.39 is 10.0 Å². The van der Waals surface area contributed by atoms with Crippen molar-refractivity contribution in [3.05, 3.63) is 24.2 Å². The van der Waals surface area contributed by atoms with Crippen molar-refractivity contribution in [2.45, 2.75) is 5.88 Å². The molecular weight excluding hydrogens is 178 g/mol. The zero-order valence-electron chi connectivity index (χ0n) is 6.14. The minimum absolute atomic E-state index is 0.123. The van der Waals surface area contributed by atoms with Crippen LogP contribution in [-0.4, -0.2) is 18.2 Å². The summed E-state index contributed by atoms with van der Waals surface area (Å²) in [5.41, 5.74) is 0.781. The van der Waals surface area contributed by atoms with Crippen molar-refractivity contribution in [1.29, 1.82) is 0 Å². The number of sulfonamides is 1. The summed E-state index contributed by atoms with van der Waals surface area (Å²) in [5.74, 6) is -0.123. The maximum atomic E-state index is 11.1. The lowest BCUT2D eigenvalue weighted by Gasteiger charge is -2.01. The number of hydrogen-bond acceptors (Lipinski definition) is 3. The average Bonchev–Trinajstić information content (AvgIpc) is 2.31. The van der Waals surface area contributed by atoms with E-state index in [1.165, 1.54) is 10.9 Å². The number of fused-ring (bicyclic) bond motifs is 1. The lowest BCUT2D eigenvalue weighted by atomic mass is 10.4. The molecule has 0 radical (unpaired) electrons. The Bertz CT molecular complexity index is 418. The summed E-state index contributed by atoms with van der Waals surface area (Å²) in [7, 11) is -3.24. The molecule has 2 rings (SSSR count). The zero-order chi connectivity index (χ0) is 8.60. The molecule has 64 valence electrons. The van der Waals surface area contributed by atoms with E-state index in [0.29, 0.717) is 0 Å². The molecule has 5 nitrogen and oxygen atoms in total. The van der Waals surface area contributed by atoms with Crippen LogP contribution < -0.4 is 4.72 Å². The number of nitrogens with zero attached hydrogens (tertiary/aromatic N) is 2. The minimum atomic E-state index is -3.24. The summed E-state index contributed by atoms with van der Waals surface area (Å²) in [4.78, 5) is 0. The van der Waals surface area contributed by atoms with Gasteiger partial charge in [0.05, 0.1) is 5.69 Å². The van der Waals surface area contributed by atoms with Gasteiger partial charge in [0.25, 0.3) is 10.0 Å². The highest BCUT2D eigenvalue weighted by molar-refractivity contribution is 7.88. The second-order valence-corrected chi connectivity index (χ2v) is 4.17. The van der Waals surface area contributed by atoms with E-state index in [2.05, 4.69) is 9.82 Å². The first-order chi connectivity index (χ1) is 5.67. The monoisotopic (exact) mass is 185 g/mol. The number of rotatable bonds is 0. The van der Waals surface area contributed by atoms with Gasteiger partial charge in [0.1, 0.15) is 0 Å². The van der Waals surface area contributed by atoms with Crippen molar-refractivity contribution in [1.82, 2.24) is 14.5 Å². The molecule has 1 aliphatic rings. The first kappa shape index (κ1) is 7.35. The van der Waals surface area contributed by atoms with E-state index in [1.807, 2.05) is 0 Å². The molecule has 0 spiro atoms. The molecule has 0 aromatic carbocycles. The molecule has 0 amide bonds. The fourth-order valence-electron chi connectivity index (χ4n) is 1.01. The van der Waals surface area contributed by atoms with Crippen LogP contribution in [0, 0.1) is 0 Å². The zero-order valence-corrected chi connectivity index (χ0v) is 6.95. The van der Waals surface area contributed by atoms with Crippen LogP contribution in [0.3, 0.4) is 0 Å². The molecule has 6 heteroatoms. The molecule has 0 bridgehead atoms. The summed E-state index contributed by atoms with van der Waals surface area (Å²) in [6.45, 7) is 0. The van der Waals surface area contributed by atoms with Gasteiger partial charge in [-0.15, -0.1) is 0 Å². The maximum Gasteiger partial charge on any atom is 0.252 e. The standard InChI is InChI=1S/C6H7N3O2S/c10-12(11)5-9-6(1-3-7-9)2-4-8-12/h1-4,8H,5H2. The van der Waals surface area contributed by atoms with Gasteiger partial charge in [0.15, 0.2) is 5.88 Å². The highest BCUT2D eigenvalue weighted by Gasteiger charge is 2.13. The third-order valence-corrected chi connectivity index (χ3v) is 2.62. The Balaban J connectivity index is 2.53. The van der Waals surface area contributed by atoms with Gasteiger partial charge < -0.3 is 0 Å². The Labute approximate surface area is 69.7 Å². The molecule has 0 saturated heterocycles. The van der Waals surface area contributed by atoms with Gasteiger partial charge in [0, 0.05) is 12.4 Å². The smallest absolute Gasteiger partial charge is 0.252 e. The van der Waals surface area contributed by atoms with Crippen LogP contribution in [-0.2, 0) is 15.9 Å². The molecule has 12 heavy (non-hydrogen) atoms. The van der Waals surface area contributed by atoms with Crippen molar-refractivity contribution in [2.75, 3.05) is 0 Å². The molecular formula is C6H7N3O2S. The summed E-state index contributed by atoms with van der Waals surface area (Å²) in [6.07, 6.45) is 4.63. The topological polar surface area (TPSA) is 64.0 Å². The van der Waals surface area contributed by atoms with Crippen LogP contribution in [0.15, 0.2) is 18.5 Å². The quantitative estimate of drug-likeness (QED) is 0.606. The fraction of sp³-hybridized carbons (Fsp3) is 0.167. The van der Waals surface area contributed by atoms with Crippen molar-refractivity contribution >= 4 is 16.1 Å². The van der Waals surface area contributed by atoms with E-state index in [9.17, 15) is 8.42 Å². The van der Waals surface area contributed by atoms with E-state index in [-0.39, 0.29) is 5.88 Å². The Kier molecular flexibility index (Phi) is 1.44. The molecule has 0 atom stereocenters. The number of aromatic nitrogens is 2. The second-order valence-electron chi connectivity index (χ2n) is 2.45. The summed E-state index contributed by atoms with van der Waals surface area (Å²) in [6, 6.07) is 1.75. The molecule has 0 fully saturated rings. The molecule has 2 heterocycles. The Morgan fingerprint density at radius 2 is 2.42 bits per heavy atom. The first-order valence-electron chi connectivity index (χ1n) is 3.36. The van der Waals surface area contributed by atoms with Crippen molar-refractivity contribution in [3.63, 3.8) is 0 Å². The van der Waals surface area contributed by atoms with Gasteiger partial charge in [-0.1, -0.05) is 0 Å². The van der Waals surface area contributed by atoms with Crippen LogP contribution in [0.2, 0.25) is 0 Å². The van der Waals surface area contributed by atoms with Crippen LogP contribution in [0.25, 0.3) is 6.08 Å². The van der Waals surface area contributed by atoms with Gasteiger partial charge in [-0.2, -0.15) is 5.10 Å². The van der Waals surface area contributed by atoms with E-state index in [4.69, 9.17) is 0 Å². The van der Waals surface area contributed by atoms with Crippen molar-refractivity contribution < 1.29 is 8.42 Å². The molecule has 1 aliphatic heterocycles. The molecule has 1 aromatic rings. The lowest BCUT2D eigenvalue weighted by Crippen LogP contribution is -2.21. The van der Waals surface area contributed by atoms with Crippen LogP contribution >= 0.6 is 0 Å². The number of hydrogen-bond donors (Lipinski definition) is 1. The van der Waals surface area contributed by atoms with Crippen LogP contribution in [0.1, 0.15) is 5.69 Å². The van der Waals surface area contributed by atoms with Gasteiger partial charge in [-0.3, -0.25) is 4.72 Å².